The lowest BCUT2D eigenvalue weighted by Crippen LogP contribution is -2.50. The van der Waals surface area contributed by atoms with Gasteiger partial charge in [0.15, 0.2) is 0 Å². The summed E-state index contributed by atoms with van der Waals surface area (Å²) in [6, 6.07) is -2.05. The van der Waals surface area contributed by atoms with Crippen molar-refractivity contribution in [3.8, 4) is 0 Å². The van der Waals surface area contributed by atoms with Crippen LogP contribution >= 0.6 is 0 Å². The van der Waals surface area contributed by atoms with Crippen molar-refractivity contribution < 1.29 is 83.7 Å². The first-order valence-corrected chi connectivity index (χ1v) is 23.5. The van der Waals surface area contributed by atoms with Gasteiger partial charge in [0.2, 0.25) is 17.7 Å². The van der Waals surface area contributed by atoms with Gasteiger partial charge in [0, 0.05) is 105 Å². The maximum atomic E-state index is 13.3. The molecule has 29 nitrogen and oxygen atoms in total. The molecule has 1 saturated heterocycles. The number of carboxylic acid groups (broad SMARTS) is 7. The first kappa shape index (κ1) is 63.4. The number of nitrogens with zero attached hydrogens (tertiary/aromatic N) is 6. The fraction of sp³-hybridized carbons (Fsp3) is 0.762. The number of hydrogen-bond donors (Lipinski definition) is 13. The lowest BCUT2D eigenvalue weighted by molar-refractivity contribution is -0.140. The normalized spacial score (nSPS) is 15.5. The molecule has 0 aromatic heterocycles. The summed E-state index contributed by atoms with van der Waals surface area (Å²) in [5.41, 5.74) is 5.56. The largest absolute Gasteiger partial charge is 0.480 e. The van der Waals surface area contributed by atoms with Gasteiger partial charge in [-0.3, -0.25) is 77.3 Å². The number of nitrogens with two attached hydrogens (primary N) is 1. The van der Waals surface area contributed by atoms with E-state index in [2.05, 4.69) is 26.6 Å². The zero-order valence-corrected chi connectivity index (χ0v) is 40.3. The highest BCUT2D eigenvalue weighted by molar-refractivity contribution is 5.88. The van der Waals surface area contributed by atoms with Crippen molar-refractivity contribution >= 4 is 59.5 Å². The predicted molar refractivity (Wildman–Crippen MR) is 251 cm³/mol. The molecule has 1 aliphatic heterocycles. The highest BCUT2D eigenvalue weighted by Gasteiger charge is 2.23. The van der Waals surface area contributed by atoms with Gasteiger partial charge in [-0.2, -0.15) is 0 Å². The number of carbonyl (C=O) groups is 10. The quantitative estimate of drug-likeness (QED) is 0.0256. The fourth-order valence-corrected chi connectivity index (χ4v) is 7.28. The van der Waals surface area contributed by atoms with Crippen LogP contribution in [0.1, 0.15) is 38.5 Å². The van der Waals surface area contributed by atoms with E-state index in [0.717, 1.165) is 0 Å². The molecule has 0 aromatic carbocycles. The van der Waals surface area contributed by atoms with Crippen LogP contribution in [-0.4, -0.2) is 294 Å². The summed E-state index contributed by atoms with van der Waals surface area (Å²) in [6.07, 6.45) is 1.96. The highest BCUT2D eigenvalue weighted by atomic mass is 16.4. The summed E-state index contributed by atoms with van der Waals surface area (Å²) >= 11 is 0. The zero-order chi connectivity index (χ0) is 53.1. The van der Waals surface area contributed by atoms with Crippen molar-refractivity contribution in [3.63, 3.8) is 0 Å². The number of rotatable bonds is 38. The van der Waals surface area contributed by atoms with E-state index in [1.165, 1.54) is 9.80 Å². The van der Waals surface area contributed by atoms with E-state index < -0.39 is 65.7 Å². The molecule has 2 unspecified atom stereocenters. The van der Waals surface area contributed by atoms with Crippen LogP contribution in [0.15, 0.2) is 0 Å². The van der Waals surface area contributed by atoms with Gasteiger partial charge in [0.25, 0.3) is 0 Å². The third-order valence-electron chi connectivity index (χ3n) is 11.0. The Balaban J connectivity index is 2.88. The summed E-state index contributed by atoms with van der Waals surface area (Å²) in [7, 11) is 0. The van der Waals surface area contributed by atoms with Crippen molar-refractivity contribution in [2.75, 3.05) is 157 Å². The number of amides is 3. The van der Waals surface area contributed by atoms with Crippen molar-refractivity contribution in [1.29, 1.82) is 0 Å². The molecular formula is C42H76N12O17. The second-order valence-corrected chi connectivity index (χ2v) is 17.1. The SMILES string of the molecule is NC(CCCCNC(=O)C(CCCCNC(=O)CN1CCN(CC(=O)O)CCN(CC(=O)O)CCN(CC(=O)O)CC1)NC(=O)CNCCN(CCN(CCNCC(=O)O)CC(=O)O)CC(=O)O)C(=O)O. The Kier molecular flexibility index (Phi) is 33.2. The number of nitrogens with one attached hydrogen (secondary N) is 5. The van der Waals surface area contributed by atoms with Gasteiger partial charge in [-0.1, -0.05) is 0 Å². The van der Waals surface area contributed by atoms with E-state index >= 15 is 0 Å². The minimum absolute atomic E-state index is 0.0937. The average Bonchev–Trinajstić information content (AvgIpc) is 3.27. The summed E-state index contributed by atoms with van der Waals surface area (Å²) in [5, 5.41) is 78.8. The first-order valence-electron chi connectivity index (χ1n) is 23.5. The second-order valence-electron chi connectivity index (χ2n) is 17.1. The van der Waals surface area contributed by atoms with Gasteiger partial charge >= 0.3 is 41.8 Å². The summed E-state index contributed by atoms with van der Waals surface area (Å²) in [4.78, 5) is 129. The second kappa shape index (κ2) is 37.2. The minimum Gasteiger partial charge on any atom is -0.480 e. The average molecular weight is 1020 g/mol. The van der Waals surface area contributed by atoms with Gasteiger partial charge in [-0.25, -0.2) is 0 Å². The van der Waals surface area contributed by atoms with Crippen LogP contribution in [0.4, 0.5) is 0 Å². The molecule has 1 heterocycles. The zero-order valence-electron chi connectivity index (χ0n) is 40.3. The molecule has 0 spiro atoms. The van der Waals surface area contributed by atoms with E-state index in [-0.39, 0.29) is 176 Å². The number of aliphatic carboxylic acids is 7. The molecule has 0 bridgehead atoms. The van der Waals surface area contributed by atoms with Gasteiger partial charge in [-0.05, 0) is 38.5 Å². The molecule has 1 aliphatic rings. The molecular weight excluding hydrogens is 945 g/mol. The standard InChI is InChI=1S/C42H76N12O17/c43-31(42(70)71)5-1-3-8-47-41(69)32(48-33(55)23-44-9-11-49(26-36(59)60)13-14-50(27-37(61)62)12-10-45-24-35(57)58)6-2-4-7-46-34(56)25-51-15-17-52(28-38(63)64)19-21-54(30-40(67)68)22-20-53(18-16-51)29-39(65)66/h31-32,44-45H,1-30,43H2,(H,46,56)(H,47,69)(H,48,55)(H,57,58)(H,59,60)(H,61,62)(H,63,64)(H,65,66)(H,67,68)(H,70,71). The lowest BCUT2D eigenvalue weighted by Gasteiger charge is -2.32. The Hall–Kier alpha value is -5.66. The summed E-state index contributed by atoms with van der Waals surface area (Å²) in [5.74, 6) is -9.11. The van der Waals surface area contributed by atoms with Crippen molar-refractivity contribution in [3.05, 3.63) is 0 Å². The van der Waals surface area contributed by atoms with Crippen LogP contribution in [0.25, 0.3) is 0 Å². The van der Waals surface area contributed by atoms with Crippen LogP contribution in [0.2, 0.25) is 0 Å². The summed E-state index contributed by atoms with van der Waals surface area (Å²) in [6.45, 7) is 0.889. The number of carboxylic acids is 7. The Morgan fingerprint density at radius 3 is 1.27 bits per heavy atom. The predicted octanol–water partition coefficient (Wildman–Crippen LogP) is -6.03. The molecule has 406 valence electrons. The number of carbonyl (C=O) groups excluding carboxylic acids is 3. The molecule has 1 rings (SSSR count). The van der Waals surface area contributed by atoms with Gasteiger partial charge in [-0.15, -0.1) is 0 Å². The van der Waals surface area contributed by atoms with Crippen molar-refractivity contribution in [1.82, 2.24) is 56.0 Å². The third kappa shape index (κ3) is 34.3. The smallest absolute Gasteiger partial charge is 0.320 e. The Labute approximate surface area is 412 Å². The third-order valence-corrected chi connectivity index (χ3v) is 11.0. The van der Waals surface area contributed by atoms with E-state index in [4.69, 9.17) is 15.9 Å². The van der Waals surface area contributed by atoms with Gasteiger partial charge < -0.3 is 68.1 Å². The minimum atomic E-state index is -1.14. The molecule has 0 radical (unpaired) electrons. The molecule has 0 saturated carbocycles. The number of unbranched alkanes of at least 4 members (excludes halogenated alkanes) is 2. The van der Waals surface area contributed by atoms with E-state index in [9.17, 15) is 73.5 Å². The van der Waals surface area contributed by atoms with Crippen molar-refractivity contribution in [2.45, 2.75) is 50.6 Å². The molecule has 1 fully saturated rings. The van der Waals surface area contributed by atoms with Crippen molar-refractivity contribution in [2.24, 2.45) is 5.73 Å². The van der Waals surface area contributed by atoms with Crippen LogP contribution < -0.4 is 32.3 Å². The molecule has 3 amide bonds. The fourth-order valence-electron chi connectivity index (χ4n) is 7.28. The molecule has 0 aliphatic carbocycles. The van der Waals surface area contributed by atoms with E-state index in [0.29, 0.717) is 25.7 Å². The maximum Gasteiger partial charge on any atom is 0.320 e. The van der Waals surface area contributed by atoms with E-state index in [1.807, 2.05) is 0 Å². The lowest BCUT2D eigenvalue weighted by atomic mass is 10.1. The van der Waals surface area contributed by atoms with Gasteiger partial charge in [0.1, 0.15) is 12.1 Å². The maximum absolute atomic E-state index is 13.3. The highest BCUT2D eigenvalue weighted by Crippen LogP contribution is 2.05. The first-order chi connectivity index (χ1) is 33.6. The van der Waals surface area contributed by atoms with Crippen LogP contribution in [-0.2, 0) is 47.9 Å². The molecule has 2 atom stereocenters. The monoisotopic (exact) mass is 1020 g/mol. The van der Waals surface area contributed by atoms with Crippen LogP contribution in [0.3, 0.4) is 0 Å². The number of hydrogen-bond acceptors (Lipinski definition) is 19. The molecule has 0 aromatic rings. The molecule has 29 heteroatoms. The van der Waals surface area contributed by atoms with Gasteiger partial charge in [0.05, 0.1) is 52.4 Å². The topological polar surface area (TPSA) is 418 Å². The Morgan fingerprint density at radius 1 is 0.451 bits per heavy atom. The Bertz CT molecular complexity index is 1670. The summed E-state index contributed by atoms with van der Waals surface area (Å²) < 4.78 is 0. The molecule has 14 N–H and O–H groups in total. The Morgan fingerprint density at radius 2 is 0.859 bits per heavy atom. The van der Waals surface area contributed by atoms with E-state index in [1.54, 1.807) is 19.6 Å². The van der Waals surface area contributed by atoms with Crippen LogP contribution in [0.5, 0.6) is 0 Å². The molecule has 71 heavy (non-hydrogen) atoms. The van der Waals surface area contributed by atoms with Crippen LogP contribution in [0, 0.1) is 0 Å².